The summed E-state index contributed by atoms with van der Waals surface area (Å²) in [6, 6.07) is 19.0. The molecule has 0 bridgehead atoms. The van der Waals surface area contributed by atoms with Gasteiger partial charge in [-0.3, -0.25) is 0 Å². The Morgan fingerprint density at radius 3 is 1.76 bits per heavy atom. The molecule has 2 aromatic carbocycles. The van der Waals surface area contributed by atoms with E-state index < -0.39 is 9.71 Å². The summed E-state index contributed by atoms with van der Waals surface area (Å²) in [4.78, 5) is 0. The minimum atomic E-state index is -1.13. The number of rotatable bonds is 3. The quantitative estimate of drug-likeness (QED) is 0.672. The van der Waals surface area contributed by atoms with Crippen molar-refractivity contribution in [3.05, 3.63) is 71.8 Å². The average molecular weight is 286 g/mol. The fraction of sp³-hybridized carbons (Fsp3) is 0.143. The number of hydrogen-bond acceptors (Lipinski definition) is 0. The highest BCUT2D eigenvalue weighted by molar-refractivity contribution is 6.51. The molecule has 0 spiro atoms. The van der Waals surface area contributed by atoms with E-state index >= 15 is 0 Å². The Balaban J connectivity index is 2.33. The van der Waals surface area contributed by atoms with Crippen molar-refractivity contribution >= 4 is 34.8 Å². The van der Waals surface area contributed by atoms with Gasteiger partial charge in [-0.25, -0.2) is 0 Å². The van der Waals surface area contributed by atoms with E-state index in [1.165, 1.54) is 0 Å². The van der Waals surface area contributed by atoms with Crippen LogP contribution < -0.4 is 0 Å². The third-order valence-corrected chi connectivity index (χ3v) is 4.24. The molecule has 0 fully saturated rings. The zero-order valence-corrected chi connectivity index (χ0v) is 11.3. The second-order valence-electron chi connectivity index (χ2n) is 3.76. The molecule has 0 aliphatic rings. The molecule has 0 aromatic heterocycles. The number of alkyl halides is 3. The largest absolute Gasteiger partial charge is 0.163 e. The van der Waals surface area contributed by atoms with Gasteiger partial charge in [0.1, 0.15) is 0 Å². The molecule has 0 aliphatic heterocycles. The molecule has 0 N–H and O–H groups in total. The summed E-state index contributed by atoms with van der Waals surface area (Å²) in [5.41, 5.74) is 1.70. The fourth-order valence-corrected chi connectivity index (χ4v) is 2.41. The molecule has 0 saturated heterocycles. The standard InChI is InChI=1S/C14H11Cl3/c15-13(11-7-3-1-4-8-11)14(16,17)12-9-5-2-6-10-12/h1-10,13H. The molecule has 0 amide bonds. The van der Waals surface area contributed by atoms with E-state index in [0.717, 1.165) is 11.1 Å². The fourth-order valence-electron chi connectivity index (χ4n) is 1.64. The van der Waals surface area contributed by atoms with Gasteiger partial charge >= 0.3 is 0 Å². The third kappa shape index (κ3) is 2.77. The lowest BCUT2D eigenvalue weighted by Gasteiger charge is -2.26. The molecular weight excluding hydrogens is 275 g/mol. The van der Waals surface area contributed by atoms with Crippen LogP contribution in [-0.4, -0.2) is 0 Å². The van der Waals surface area contributed by atoms with Gasteiger partial charge in [-0.15, -0.1) is 11.6 Å². The van der Waals surface area contributed by atoms with E-state index in [4.69, 9.17) is 34.8 Å². The molecule has 88 valence electrons. The van der Waals surface area contributed by atoms with Gasteiger partial charge in [0, 0.05) is 0 Å². The maximum Gasteiger partial charge on any atom is 0.163 e. The van der Waals surface area contributed by atoms with Gasteiger partial charge in [-0.05, 0) is 11.1 Å². The number of hydrogen-bond donors (Lipinski definition) is 0. The first-order valence-electron chi connectivity index (χ1n) is 5.24. The maximum absolute atomic E-state index is 6.38. The molecule has 2 aromatic rings. The molecule has 1 unspecified atom stereocenters. The van der Waals surface area contributed by atoms with Crippen molar-refractivity contribution < 1.29 is 0 Å². The lowest BCUT2D eigenvalue weighted by Crippen LogP contribution is -2.17. The van der Waals surface area contributed by atoms with Gasteiger partial charge in [-0.2, -0.15) is 0 Å². The molecule has 0 radical (unpaired) electrons. The van der Waals surface area contributed by atoms with Crippen molar-refractivity contribution in [2.24, 2.45) is 0 Å². The molecule has 0 saturated carbocycles. The van der Waals surface area contributed by atoms with Crippen LogP contribution in [0.2, 0.25) is 0 Å². The Morgan fingerprint density at radius 1 is 0.765 bits per heavy atom. The van der Waals surface area contributed by atoms with Crippen molar-refractivity contribution in [3.8, 4) is 0 Å². The summed E-state index contributed by atoms with van der Waals surface area (Å²) < 4.78 is -1.13. The monoisotopic (exact) mass is 284 g/mol. The highest BCUT2D eigenvalue weighted by atomic mass is 35.5. The van der Waals surface area contributed by atoms with Crippen LogP contribution in [0.3, 0.4) is 0 Å². The van der Waals surface area contributed by atoms with Crippen LogP contribution in [0.25, 0.3) is 0 Å². The topological polar surface area (TPSA) is 0 Å². The summed E-state index contributed by atoms with van der Waals surface area (Å²) in [6.07, 6.45) is 0. The lowest BCUT2D eigenvalue weighted by atomic mass is 10.0. The summed E-state index contributed by atoms with van der Waals surface area (Å²) in [7, 11) is 0. The van der Waals surface area contributed by atoms with Gasteiger partial charge in [0.25, 0.3) is 0 Å². The van der Waals surface area contributed by atoms with Crippen LogP contribution in [0.5, 0.6) is 0 Å². The first-order valence-corrected chi connectivity index (χ1v) is 6.44. The second-order valence-corrected chi connectivity index (χ2v) is 5.58. The predicted molar refractivity (Wildman–Crippen MR) is 74.9 cm³/mol. The van der Waals surface area contributed by atoms with Gasteiger partial charge in [0.2, 0.25) is 0 Å². The van der Waals surface area contributed by atoms with Crippen LogP contribution in [0.4, 0.5) is 0 Å². The summed E-state index contributed by atoms with van der Waals surface area (Å²) in [6.45, 7) is 0. The Labute approximate surface area is 116 Å². The normalized spacial score (nSPS) is 13.4. The highest BCUT2D eigenvalue weighted by Crippen LogP contribution is 2.48. The summed E-state index contributed by atoms with van der Waals surface area (Å²) >= 11 is 19.1. The smallest absolute Gasteiger partial charge is 0.114 e. The molecule has 1 atom stereocenters. The van der Waals surface area contributed by atoms with Gasteiger partial charge in [-0.1, -0.05) is 83.9 Å². The van der Waals surface area contributed by atoms with Crippen molar-refractivity contribution in [1.82, 2.24) is 0 Å². The second kappa shape index (κ2) is 5.30. The predicted octanol–water partition coefficient (Wildman–Crippen LogP) is 5.30. The highest BCUT2D eigenvalue weighted by Gasteiger charge is 2.36. The van der Waals surface area contributed by atoms with Crippen LogP contribution in [-0.2, 0) is 4.33 Å². The van der Waals surface area contributed by atoms with Gasteiger partial charge in [0.05, 0.1) is 5.38 Å². The Morgan fingerprint density at radius 2 is 1.24 bits per heavy atom. The molecule has 3 heteroatoms. The zero-order valence-electron chi connectivity index (χ0n) is 8.98. The van der Waals surface area contributed by atoms with Crippen molar-refractivity contribution in [1.29, 1.82) is 0 Å². The van der Waals surface area contributed by atoms with Gasteiger partial charge in [0.15, 0.2) is 4.33 Å². The lowest BCUT2D eigenvalue weighted by molar-refractivity contribution is 0.803. The first kappa shape index (κ1) is 12.8. The molecule has 17 heavy (non-hydrogen) atoms. The average Bonchev–Trinajstić information content (AvgIpc) is 2.40. The molecule has 0 nitrogen and oxygen atoms in total. The van der Waals surface area contributed by atoms with E-state index in [1.54, 1.807) is 0 Å². The van der Waals surface area contributed by atoms with E-state index in [0.29, 0.717) is 0 Å². The minimum absolute atomic E-state index is 0.491. The Bertz CT molecular complexity index is 465. The minimum Gasteiger partial charge on any atom is -0.114 e. The zero-order chi connectivity index (χ0) is 12.3. The molecule has 0 heterocycles. The van der Waals surface area contributed by atoms with E-state index in [-0.39, 0.29) is 0 Å². The van der Waals surface area contributed by atoms with Crippen molar-refractivity contribution in [3.63, 3.8) is 0 Å². The number of halogens is 3. The van der Waals surface area contributed by atoms with Crippen molar-refractivity contribution in [2.45, 2.75) is 9.71 Å². The molecular formula is C14H11Cl3. The molecule has 0 aliphatic carbocycles. The van der Waals surface area contributed by atoms with Crippen LogP contribution in [0, 0.1) is 0 Å². The Kier molecular flexibility index (Phi) is 3.98. The van der Waals surface area contributed by atoms with Crippen LogP contribution >= 0.6 is 34.8 Å². The SMILES string of the molecule is ClC(c1ccccc1)C(Cl)(Cl)c1ccccc1. The van der Waals surface area contributed by atoms with E-state index in [9.17, 15) is 0 Å². The van der Waals surface area contributed by atoms with Crippen LogP contribution in [0.15, 0.2) is 60.7 Å². The maximum atomic E-state index is 6.38. The number of benzene rings is 2. The summed E-state index contributed by atoms with van der Waals surface area (Å²) in [5, 5.41) is -0.491. The van der Waals surface area contributed by atoms with Gasteiger partial charge < -0.3 is 0 Å². The van der Waals surface area contributed by atoms with Crippen molar-refractivity contribution in [2.75, 3.05) is 0 Å². The van der Waals surface area contributed by atoms with Crippen LogP contribution in [0.1, 0.15) is 16.5 Å². The van der Waals surface area contributed by atoms with E-state index in [2.05, 4.69) is 0 Å². The molecule has 2 rings (SSSR count). The Hall–Kier alpha value is -0.690. The summed E-state index contributed by atoms with van der Waals surface area (Å²) in [5.74, 6) is 0. The first-order chi connectivity index (χ1) is 8.12. The third-order valence-electron chi connectivity index (χ3n) is 2.57. The van der Waals surface area contributed by atoms with E-state index in [1.807, 2.05) is 60.7 Å².